The molecule has 0 aliphatic heterocycles. The van der Waals surface area contributed by atoms with Crippen LogP contribution in [0.15, 0.2) is 12.1 Å². The molecular formula is C14H21N3O2. The SMILES string of the molecule is CNc1cc(C(=O)NC2CCCC2OC)cc(C)n1. The highest BCUT2D eigenvalue weighted by molar-refractivity contribution is 5.95. The lowest BCUT2D eigenvalue weighted by Gasteiger charge is -2.19. The van der Waals surface area contributed by atoms with Gasteiger partial charge in [0.2, 0.25) is 0 Å². The summed E-state index contributed by atoms with van der Waals surface area (Å²) in [6.07, 6.45) is 3.22. The fourth-order valence-electron chi connectivity index (χ4n) is 2.55. The fourth-order valence-corrected chi connectivity index (χ4v) is 2.55. The first kappa shape index (κ1) is 13.8. The highest BCUT2D eigenvalue weighted by Crippen LogP contribution is 2.22. The van der Waals surface area contributed by atoms with Crippen molar-refractivity contribution in [3.05, 3.63) is 23.4 Å². The lowest BCUT2D eigenvalue weighted by atomic mass is 10.1. The predicted molar refractivity (Wildman–Crippen MR) is 74.4 cm³/mol. The number of carbonyl (C=O) groups is 1. The van der Waals surface area contributed by atoms with Crippen molar-refractivity contribution in [2.45, 2.75) is 38.3 Å². The molecule has 2 atom stereocenters. The first-order valence-electron chi connectivity index (χ1n) is 6.64. The van der Waals surface area contributed by atoms with Gasteiger partial charge < -0.3 is 15.4 Å². The number of nitrogens with zero attached hydrogens (tertiary/aromatic N) is 1. The third-order valence-corrected chi connectivity index (χ3v) is 3.54. The molecule has 1 aromatic heterocycles. The zero-order valence-corrected chi connectivity index (χ0v) is 11.7. The van der Waals surface area contributed by atoms with E-state index in [9.17, 15) is 4.79 Å². The number of methoxy groups -OCH3 is 1. The Balaban J connectivity index is 2.09. The number of hydrogen-bond acceptors (Lipinski definition) is 4. The van der Waals surface area contributed by atoms with Crippen molar-refractivity contribution in [1.82, 2.24) is 10.3 Å². The van der Waals surface area contributed by atoms with Gasteiger partial charge in [-0.25, -0.2) is 4.98 Å². The van der Waals surface area contributed by atoms with Gasteiger partial charge in [0.05, 0.1) is 12.1 Å². The molecule has 0 bridgehead atoms. The van der Waals surface area contributed by atoms with Gasteiger partial charge in [0.25, 0.3) is 5.91 Å². The molecule has 1 aliphatic carbocycles. The van der Waals surface area contributed by atoms with Gasteiger partial charge in [-0.05, 0) is 38.3 Å². The maximum absolute atomic E-state index is 12.3. The number of anilines is 1. The molecule has 5 heteroatoms. The van der Waals surface area contributed by atoms with Crippen molar-refractivity contribution in [2.75, 3.05) is 19.5 Å². The Hall–Kier alpha value is -1.62. The van der Waals surface area contributed by atoms with Crippen LogP contribution < -0.4 is 10.6 Å². The second kappa shape index (κ2) is 6.02. The van der Waals surface area contributed by atoms with Gasteiger partial charge in [-0.15, -0.1) is 0 Å². The summed E-state index contributed by atoms with van der Waals surface area (Å²) in [5.41, 5.74) is 1.46. The molecule has 2 N–H and O–H groups in total. The van der Waals surface area contributed by atoms with Gasteiger partial charge in [-0.3, -0.25) is 4.79 Å². The summed E-state index contributed by atoms with van der Waals surface area (Å²) >= 11 is 0. The summed E-state index contributed by atoms with van der Waals surface area (Å²) in [5.74, 6) is 0.649. The van der Waals surface area contributed by atoms with E-state index in [4.69, 9.17) is 4.74 Å². The third kappa shape index (κ3) is 3.23. The molecule has 0 aromatic carbocycles. The van der Waals surface area contributed by atoms with Crippen molar-refractivity contribution in [2.24, 2.45) is 0 Å². The van der Waals surface area contributed by atoms with Gasteiger partial charge in [0, 0.05) is 25.4 Å². The average Bonchev–Trinajstić information content (AvgIpc) is 2.85. The van der Waals surface area contributed by atoms with Crippen LogP contribution in [0.2, 0.25) is 0 Å². The van der Waals surface area contributed by atoms with Crippen molar-refractivity contribution in [3.63, 3.8) is 0 Å². The highest BCUT2D eigenvalue weighted by atomic mass is 16.5. The van der Waals surface area contributed by atoms with Gasteiger partial charge in [0.1, 0.15) is 5.82 Å². The highest BCUT2D eigenvalue weighted by Gasteiger charge is 2.28. The molecule has 0 saturated heterocycles. The number of rotatable bonds is 4. The average molecular weight is 263 g/mol. The zero-order valence-electron chi connectivity index (χ0n) is 11.7. The number of hydrogen-bond donors (Lipinski definition) is 2. The topological polar surface area (TPSA) is 63.2 Å². The quantitative estimate of drug-likeness (QED) is 0.868. The summed E-state index contributed by atoms with van der Waals surface area (Å²) in [7, 11) is 3.49. The molecule has 2 rings (SSSR count). The Bertz CT molecular complexity index is 462. The molecule has 1 saturated carbocycles. The minimum Gasteiger partial charge on any atom is -0.379 e. The minimum absolute atomic E-state index is 0.0593. The van der Waals surface area contributed by atoms with Crippen molar-refractivity contribution < 1.29 is 9.53 Å². The molecule has 1 aromatic rings. The molecule has 104 valence electrons. The van der Waals surface area contributed by atoms with Crippen LogP contribution in [0.3, 0.4) is 0 Å². The number of aryl methyl sites for hydroxylation is 1. The maximum Gasteiger partial charge on any atom is 0.251 e. The van der Waals surface area contributed by atoms with Crippen LogP contribution in [0, 0.1) is 6.92 Å². The van der Waals surface area contributed by atoms with Crippen LogP contribution in [-0.2, 0) is 4.74 Å². The van der Waals surface area contributed by atoms with Gasteiger partial charge in [-0.1, -0.05) is 0 Å². The fraction of sp³-hybridized carbons (Fsp3) is 0.571. The molecule has 19 heavy (non-hydrogen) atoms. The molecule has 0 radical (unpaired) electrons. The summed E-state index contributed by atoms with van der Waals surface area (Å²) < 4.78 is 5.39. The van der Waals surface area contributed by atoms with Crippen LogP contribution in [-0.4, -0.2) is 37.2 Å². The summed E-state index contributed by atoms with van der Waals surface area (Å²) in [5, 5.41) is 6.02. The Labute approximate surface area is 113 Å². The molecule has 1 heterocycles. The molecule has 0 spiro atoms. The van der Waals surface area contributed by atoms with E-state index in [2.05, 4.69) is 15.6 Å². The van der Waals surface area contributed by atoms with Crippen LogP contribution >= 0.6 is 0 Å². The number of amides is 1. The molecule has 1 aliphatic rings. The predicted octanol–water partition coefficient (Wildman–Crippen LogP) is 1.73. The Morgan fingerprint density at radius 3 is 2.89 bits per heavy atom. The van der Waals surface area contributed by atoms with Crippen LogP contribution in [0.4, 0.5) is 5.82 Å². The van der Waals surface area contributed by atoms with Crippen LogP contribution in [0.1, 0.15) is 35.3 Å². The molecule has 1 fully saturated rings. The third-order valence-electron chi connectivity index (χ3n) is 3.54. The molecule has 2 unspecified atom stereocenters. The second-order valence-corrected chi connectivity index (χ2v) is 4.92. The van der Waals surface area contributed by atoms with Crippen molar-refractivity contribution in [1.29, 1.82) is 0 Å². The number of nitrogens with one attached hydrogen (secondary N) is 2. The Kier molecular flexibility index (Phi) is 4.37. The minimum atomic E-state index is -0.0593. The Morgan fingerprint density at radius 1 is 1.42 bits per heavy atom. The lowest BCUT2D eigenvalue weighted by Crippen LogP contribution is -2.40. The summed E-state index contributed by atoms with van der Waals surface area (Å²) in [6.45, 7) is 1.88. The second-order valence-electron chi connectivity index (χ2n) is 4.92. The normalized spacial score (nSPS) is 22.3. The first-order chi connectivity index (χ1) is 9.13. The molecular weight excluding hydrogens is 242 g/mol. The van der Waals surface area contributed by atoms with E-state index in [1.54, 1.807) is 26.3 Å². The van der Waals surface area contributed by atoms with Gasteiger partial charge in [0.15, 0.2) is 0 Å². The van der Waals surface area contributed by atoms with Crippen LogP contribution in [0.25, 0.3) is 0 Å². The smallest absolute Gasteiger partial charge is 0.251 e. The van der Waals surface area contributed by atoms with Crippen molar-refractivity contribution >= 4 is 11.7 Å². The van der Waals surface area contributed by atoms with Gasteiger partial charge in [-0.2, -0.15) is 0 Å². The zero-order chi connectivity index (χ0) is 13.8. The first-order valence-corrected chi connectivity index (χ1v) is 6.64. The van der Waals surface area contributed by atoms with E-state index in [1.165, 1.54) is 0 Å². The number of carbonyl (C=O) groups excluding carboxylic acids is 1. The number of aromatic nitrogens is 1. The largest absolute Gasteiger partial charge is 0.379 e. The lowest BCUT2D eigenvalue weighted by molar-refractivity contribution is 0.0722. The number of ether oxygens (including phenoxy) is 1. The maximum atomic E-state index is 12.3. The Morgan fingerprint density at radius 2 is 2.21 bits per heavy atom. The molecule has 5 nitrogen and oxygen atoms in total. The monoisotopic (exact) mass is 263 g/mol. The van der Waals surface area contributed by atoms with Gasteiger partial charge >= 0.3 is 0 Å². The summed E-state index contributed by atoms with van der Waals surface area (Å²) in [4.78, 5) is 16.5. The van der Waals surface area contributed by atoms with E-state index >= 15 is 0 Å². The molecule has 1 amide bonds. The van der Waals surface area contributed by atoms with E-state index in [1.807, 2.05) is 6.92 Å². The number of pyridine rings is 1. The van der Waals surface area contributed by atoms with Crippen LogP contribution in [0.5, 0.6) is 0 Å². The van der Waals surface area contributed by atoms with E-state index in [0.717, 1.165) is 25.0 Å². The van der Waals surface area contributed by atoms with E-state index in [-0.39, 0.29) is 18.1 Å². The van der Waals surface area contributed by atoms with E-state index < -0.39 is 0 Å². The van der Waals surface area contributed by atoms with Crippen molar-refractivity contribution in [3.8, 4) is 0 Å². The standard InChI is InChI=1S/C14H21N3O2/c1-9-7-10(8-13(15-2)16-9)14(18)17-11-5-4-6-12(11)19-3/h7-8,11-12H,4-6H2,1-3H3,(H,15,16)(H,17,18). The van der Waals surface area contributed by atoms with E-state index in [0.29, 0.717) is 11.4 Å². The summed E-state index contributed by atoms with van der Waals surface area (Å²) in [6, 6.07) is 3.68.